The van der Waals surface area contributed by atoms with Crippen LogP contribution in [0.3, 0.4) is 0 Å². The Labute approximate surface area is 150 Å². The molecule has 0 spiro atoms. The maximum Gasteiger partial charge on any atom is 0.0655 e. The van der Waals surface area contributed by atoms with Gasteiger partial charge in [-0.25, -0.2) is 0 Å². The van der Waals surface area contributed by atoms with E-state index < -0.39 is 0 Å². The monoisotopic (exact) mass is 329 g/mol. The molecule has 24 heavy (non-hydrogen) atoms. The van der Waals surface area contributed by atoms with Crippen LogP contribution in [0.5, 0.6) is 0 Å². The molecule has 3 aliphatic carbocycles. The molecule has 1 heteroatoms. The van der Waals surface area contributed by atoms with Crippen LogP contribution in [-0.4, -0.2) is 0 Å². The average Bonchev–Trinajstić information content (AvgIpc) is 2.67. The standard InChI is InChI=1S/C23H39N/c1-2-3-4-18-5-9-20(10-6-18)22-13-15-23(16-14-22)21-11-7-19(17-24)8-12-21/h18-23H,2-16H2,1H3/t18-,19-,20-,21+,22-,23-. The van der Waals surface area contributed by atoms with Gasteiger partial charge in [0.2, 0.25) is 0 Å². The third kappa shape index (κ3) is 4.77. The number of nitriles is 1. The van der Waals surface area contributed by atoms with Gasteiger partial charge >= 0.3 is 0 Å². The summed E-state index contributed by atoms with van der Waals surface area (Å²) >= 11 is 0. The zero-order valence-corrected chi connectivity index (χ0v) is 16.0. The average molecular weight is 330 g/mol. The lowest BCUT2D eigenvalue weighted by molar-refractivity contribution is 0.107. The minimum atomic E-state index is 0.375. The quantitative estimate of drug-likeness (QED) is 0.526. The molecule has 0 radical (unpaired) electrons. The Hall–Kier alpha value is -0.510. The predicted molar refractivity (Wildman–Crippen MR) is 101 cm³/mol. The summed E-state index contributed by atoms with van der Waals surface area (Å²) in [5.74, 6) is 5.53. The molecule has 0 bridgehead atoms. The largest absolute Gasteiger partial charge is 0.198 e. The molecule has 3 fully saturated rings. The highest BCUT2D eigenvalue weighted by Crippen LogP contribution is 2.46. The summed E-state index contributed by atoms with van der Waals surface area (Å²) in [7, 11) is 0. The first-order valence-corrected chi connectivity index (χ1v) is 11.2. The topological polar surface area (TPSA) is 23.8 Å². The van der Waals surface area contributed by atoms with Crippen LogP contribution in [0.1, 0.15) is 103 Å². The number of hydrogen-bond donors (Lipinski definition) is 0. The fourth-order valence-corrected chi connectivity index (χ4v) is 6.25. The van der Waals surface area contributed by atoms with E-state index in [0.29, 0.717) is 5.92 Å². The van der Waals surface area contributed by atoms with Crippen LogP contribution >= 0.6 is 0 Å². The maximum absolute atomic E-state index is 9.08. The summed E-state index contributed by atoms with van der Waals surface area (Å²) in [4.78, 5) is 0. The van der Waals surface area contributed by atoms with E-state index in [-0.39, 0.29) is 0 Å². The molecule has 1 nitrogen and oxygen atoms in total. The summed E-state index contributed by atoms with van der Waals surface area (Å²) in [5, 5.41) is 9.08. The lowest BCUT2D eigenvalue weighted by atomic mass is 9.65. The Kier molecular flexibility index (Phi) is 7.06. The van der Waals surface area contributed by atoms with Crippen LogP contribution in [0.4, 0.5) is 0 Å². The van der Waals surface area contributed by atoms with Crippen LogP contribution in [0.2, 0.25) is 0 Å². The van der Waals surface area contributed by atoms with E-state index in [9.17, 15) is 0 Å². The van der Waals surface area contributed by atoms with Crippen molar-refractivity contribution in [1.82, 2.24) is 0 Å². The van der Waals surface area contributed by atoms with Crippen molar-refractivity contribution >= 4 is 0 Å². The van der Waals surface area contributed by atoms with Gasteiger partial charge in [0.05, 0.1) is 6.07 Å². The second-order valence-corrected chi connectivity index (χ2v) is 9.34. The Morgan fingerprint density at radius 3 is 1.50 bits per heavy atom. The van der Waals surface area contributed by atoms with Gasteiger partial charge in [0, 0.05) is 5.92 Å². The lowest BCUT2D eigenvalue weighted by Gasteiger charge is -2.41. The Balaban J connectivity index is 1.36. The van der Waals surface area contributed by atoms with Crippen molar-refractivity contribution in [3.63, 3.8) is 0 Å². The SMILES string of the molecule is CCCC[C@H]1CC[C@H]([C@H]2CC[C@H]([C@H]3CC[C@@H](C#N)CC3)CC2)CC1. The van der Waals surface area contributed by atoms with E-state index in [1.807, 2.05) is 0 Å². The summed E-state index contributed by atoms with van der Waals surface area (Å²) in [5.41, 5.74) is 0. The molecular formula is C23H39N. The Morgan fingerprint density at radius 1 is 0.667 bits per heavy atom. The molecular weight excluding hydrogens is 290 g/mol. The molecule has 0 aromatic carbocycles. The molecule has 0 N–H and O–H groups in total. The van der Waals surface area contributed by atoms with Gasteiger partial charge < -0.3 is 0 Å². The molecule has 0 heterocycles. The third-order valence-corrected chi connectivity index (χ3v) is 7.96. The molecule has 0 amide bonds. The van der Waals surface area contributed by atoms with Gasteiger partial charge in [-0.2, -0.15) is 5.26 Å². The van der Waals surface area contributed by atoms with Gasteiger partial charge in [0.25, 0.3) is 0 Å². The molecule has 3 aliphatic rings. The number of unbranched alkanes of at least 4 members (excludes halogenated alkanes) is 1. The van der Waals surface area contributed by atoms with Gasteiger partial charge in [-0.15, -0.1) is 0 Å². The maximum atomic E-state index is 9.08. The second-order valence-electron chi connectivity index (χ2n) is 9.34. The lowest BCUT2D eigenvalue weighted by Crippen LogP contribution is -2.29. The summed E-state index contributed by atoms with van der Waals surface area (Å²) in [6, 6.07) is 2.49. The van der Waals surface area contributed by atoms with Crippen molar-refractivity contribution in [2.24, 2.45) is 35.5 Å². The van der Waals surface area contributed by atoms with Crippen LogP contribution in [0.15, 0.2) is 0 Å². The highest BCUT2D eigenvalue weighted by molar-refractivity contribution is 4.90. The van der Waals surface area contributed by atoms with Crippen molar-refractivity contribution < 1.29 is 0 Å². The highest BCUT2D eigenvalue weighted by Gasteiger charge is 2.34. The van der Waals surface area contributed by atoms with Gasteiger partial charge in [-0.1, -0.05) is 39.0 Å². The van der Waals surface area contributed by atoms with E-state index in [2.05, 4.69) is 13.0 Å². The smallest absolute Gasteiger partial charge is 0.0655 e. The van der Waals surface area contributed by atoms with Crippen molar-refractivity contribution in [3.05, 3.63) is 0 Å². The first-order chi connectivity index (χ1) is 11.8. The van der Waals surface area contributed by atoms with Crippen molar-refractivity contribution in [1.29, 1.82) is 5.26 Å². The van der Waals surface area contributed by atoms with Gasteiger partial charge in [-0.3, -0.25) is 0 Å². The molecule has 0 aliphatic heterocycles. The molecule has 0 saturated heterocycles. The second kappa shape index (κ2) is 9.26. The first kappa shape index (κ1) is 18.3. The highest BCUT2D eigenvalue weighted by atomic mass is 14.4. The molecule has 0 aromatic heterocycles. The Morgan fingerprint density at radius 2 is 1.08 bits per heavy atom. The molecule has 0 unspecified atom stereocenters. The fraction of sp³-hybridized carbons (Fsp3) is 0.957. The van der Waals surface area contributed by atoms with Gasteiger partial charge in [0.1, 0.15) is 0 Å². The van der Waals surface area contributed by atoms with Crippen molar-refractivity contribution in [2.75, 3.05) is 0 Å². The fourth-order valence-electron chi connectivity index (χ4n) is 6.25. The van der Waals surface area contributed by atoms with Gasteiger partial charge in [-0.05, 0) is 93.8 Å². The third-order valence-electron chi connectivity index (χ3n) is 7.96. The normalized spacial score (nSPS) is 40.8. The number of nitrogens with zero attached hydrogens (tertiary/aromatic N) is 1. The summed E-state index contributed by atoms with van der Waals surface area (Å²) in [6.45, 7) is 2.33. The predicted octanol–water partition coefficient (Wildman–Crippen LogP) is 7.12. The van der Waals surface area contributed by atoms with Gasteiger partial charge in [0.15, 0.2) is 0 Å². The number of rotatable bonds is 5. The van der Waals surface area contributed by atoms with Crippen molar-refractivity contribution in [2.45, 2.75) is 103 Å². The van der Waals surface area contributed by atoms with Crippen molar-refractivity contribution in [3.8, 4) is 6.07 Å². The molecule has 3 rings (SSSR count). The first-order valence-electron chi connectivity index (χ1n) is 11.2. The van der Waals surface area contributed by atoms with Crippen LogP contribution in [-0.2, 0) is 0 Å². The Bertz CT molecular complexity index is 385. The van der Waals surface area contributed by atoms with E-state index in [1.165, 1.54) is 96.3 Å². The van der Waals surface area contributed by atoms with E-state index >= 15 is 0 Å². The van der Waals surface area contributed by atoms with E-state index in [1.54, 1.807) is 0 Å². The van der Waals surface area contributed by atoms with E-state index in [0.717, 1.165) is 29.6 Å². The zero-order valence-electron chi connectivity index (χ0n) is 16.0. The minimum Gasteiger partial charge on any atom is -0.198 e. The minimum absolute atomic E-state index is 0.375. The summed E-state index contributed by atoms with van der Waals surface area (Å²) in [6.07, 6.45) is 21.6. The molecule has 136 valence electrons. The number of hydrogen-bond acceptors (Lipinski definition) is 1. The van der Waals surface area contributed by atoms with E-state index in [4.69, 9.17) is 5.26 Å². The molecule has 3 saturated carbocycles. The van der Waals surface area contributed by atoms with Crippen LogP contribution in [0, 0.1) is 46.8 Å². The molecule has 0 aromatic rings. The molecule has 0 atom stereocenters. The van der Waals surface area contributed by atoms with Crippen LogP contribution in [0.25, 0.3) is 0 Å². The zero-order chi connectivity index (χ0) is 16.8. The van der Waals surface area contributed by atoms with Crippen LogP contribution < -0.4 is 0 Å². The summed E-state index contributed by atoms with van der Waals surface area (Å²) < 4.78 is 0.